The summed E-state index contributed by atoms with van der Waals surface area (Å²) in [5.74, 6) is -0.00153. The van der Waals surface area contributed by atoms with Crippen molar-refractivity contribution >= 4 is 34.7 Å². The van der Waals surface area contributed by atoms with E-state index in [-0.39, 0.29) is 18.5 Å². The van der Waals surface area contributed by atoms with Crippen LogP contribution >= 0.6 is 0 Å². The van der Waals surface area contributed by atoms with Crippen LogP contribution in [-0.2, 0) is 9.53 Å². The highest BCUT2D eigenvalue weighted by molar-refractivity contribution is 5.90. The molecule has 4 fully saturated rings. The van der Waals surface area contributed by atoms with Crippen molar-refractivity contribution in [3.05, 3.63) is 59.8 Å². The maximum atomic E-state index is 13.4. The Morgan fingerprint density at radius 3 is 2.71 bits per heavy atom. The van der Waals surface area contributed by atoms with E-state index in [9.17, 15) is 22.8 Å². The summed E-state index contributed by atoms with van der Waals surface area (Å²) < 4.78 is 45.2. The molecule has 0 saturated carbocycles. The molecular weight excluding hydrogens is 539 g/mol. The molecule has 7 heterocycles. The van der Waals surface area contributed by atoms with Crippen LogP contribution in [0.25, 0.3) is 11.2 Å². The predicted molar refractivity (Wildman–Crippen MR) is 142 cm³/mol. The number of benzene rings is 1. The summed E-state index contributed by atoms with van der Waals surface area (Å²) >= 11 is 0. The van der Waals surface area contributed by atoms with Crippen molar-refractivity contribution in [1.82, 2.24) is 24.5 Å². The van der Waals surface area contributed by atoms with Gasteiger partial charge in [-0.2, -0.15) is 22.7 Å². The van der Waals surface area contributed by atoms with Crippen LogP contribution < -0.4 is 5.32 Å². The second-order valence-electron chi connectivity index (χ2n) is 11.0. The van der Waals surface area contributed by atoms with Gasteiger partial charge in [-0.15, -0.1) is 10.1 Å². The minimum Gasteiger partial charge on any atom is -0.373 e. The summed E-state index contributed by atoms with van der Waals surface area (Å²) in [5.41, 5.74) is 3.85. The number of fused-ring (bicyclic) bond motifs is 3. The lowest BCUT2D eigenvalue weighted by atomic mass is 9.96. The molecule has 1 aromatic carbocycles. The molecule has 4 saturated heterocycles. The molecule has 1 N–H and O–H groups in total. The number of carbonyl (C=O) groups is 2. The van der Waals surface area contributed by atoms with E-state index >= 15 is 0 Å². The maximum absolute atomic E-state index is 13.4. The van der Waals surface area contributed by atoms with Gasteiger partial charge in [0.15, 0.2) is 11.7 Å². The number of piperazine rings is 1. The Morgan fingerprint density at radius 1 is 1.15 bits per heavy atom. The highest BCUT2D eigenvalue weighted by atomic mass is 19.4. The van der Waals surface area contributed by atoms with Crippen molar-refractivity contribution in [3.8, 4) is 0 Å². The molecule has 3 unspecified atom stereocenters. The zero-order valence-electron chi connectivity index (χ0n) is 22.2. The summed E-state index contributed by atoms with van der Waals surface area (Å²) in [6.07, 6.45) is -1.83. The van der Waals surface area contributed by atoms with Crippen molar-refractivity contribution in [2.45, 2.75) is 37.5 Å². The summed E-state index contributed by atoms with van der Waals surface area (Å²) in [6, 6.07) is 11.7. The van der Waals surface area contributed by atoms with E-state index < -0.39 is 24.9 Å². The van der Waals surface area contributed by atoms with Gasteiger partial charge in [-0.05, 0) is 48.4 Å². The number of alkyl halides is 3. The van der Waals surface area contributed by atoms with Crippen LogP contribution in [0.3, 0.4) is 0 Å². The average Bonchev–Trinajstić information content (AvgIpc) is 3.07. The van der Waals surface area contributed by atoms with Gasteiger partial charge in [0, 0.05) is 37.0 Å². The monoisotopic (exact) mass is 568 g/mol. The van der Waals surface area contributed by atoms with E-state index in [2.05, 4.69) is 20.4 Å². The third kappa shape index (κ3) is 4.48. The quantitative estimate of drug-likeness (QED) is 0.456. The van der Waals surface area contributed by atoms with Crippen LogP contribution in [0.2, 0.25) is 0 Å². The van der Waals surface area contributed by atoms with Crippen molar-refractivity contribution in [2.24, 2.45) is 0 Å². The Labute approximate surface area is 233 Å². The van der Waals surface area contributed by atoms with Crippen LogP contribution in [0, 0.1) is 0 Å². The first-order valence-electron chi connectivity index (χ1n) is 13.8. The van der Waals surface area contributed by atoms with Gasteiger partial charge >= 0.3 is 12.1 Å². The number of nitrogens with one attached hydrogen (secondary N) is 1. The molecule has 10 nitrogen and oxygen atoms in total. The average molecular weight is 569 g/mol. The maximum Gasteiger partial charge on any atom is 0.389 e. The lowest BCUT2D eigenvalue weighted by Gasteiger charge is -2.64. The molecule has 8 rings (SSSR count). The zero-order valence-corrected chi connectivity index (χ0v) is 22.2. The first kappa shape index (κ1) is 26.1. The number of rotatable bonds is 6. The summed E-state index contributed by atoms with van der Waals surface area (Å²) in [6.45, 7) is 3.63. The van der Waals surface area contributed by atoms with E-state index in [0.717, 1.165) is 29.9 Å². The number of carbonyl (C=O) groups excluding carboxylic acids is 2. The number of ether oxygens (including phenoxy) is 1. The SMILES string of the molecule is O=C(CCC(F)(F)F)N1CC=C(c2cccn3nc(Nc4ccc(C(=O)[N+]56CC7COCC5CN76)cc4)nc23)CC1. The minimum atomic E-state index is -4.34. The number of halogens is 3. The number of amides is 2. The summed E-state index contributed by atoms with van der Waals surface area (Å²) in [4.78, 5) is 31.7. The molecule has 5 aliphatic rings. The molecule has 214 valence electrons. The van der Waals surface area contributed by atoms with E-state index in [1.54, 1.807) is 10.7 Å². The molecule has 3 aromatic rings. The standard InChI is InChI=1S/C28H28F3N7O3/c29-28(30,31)10-7-24(39)35-12-8-18(9-13-35)23-2-1-11-36-25(23)33-27(34-36)32-20-5-3-19(4-6-20)26(40)38-15-21-16-41-17-22(38)14-37(21)38/h1-6,8,11,21-22H,7,9-10,12-17H2/p+1. The lowest BCUT2D eigenvalue weighted by molar-refractivity contribution is -1.08. The van der Waals surface area contributed by atoms with Gasteiger partial charge in [0.05, 0.1) is 18.6 Å². The highest BCUT2D eigenvalue weighted by Gasteiger charge is 2.72. The van der Waals surface area contributed by atoms with Gasteiger partial charge in [-0.3, -0.25) is 4.79 Å². The molecule has 0 aliphatic carbocycles. The van der Waals surface area contributed by atoms with Crippen LogP contribution in [-0.4, -0.2) is 98.6 Å². The van der Waals surface area contributed by atoms with Gasteiger partial charge in [-0.1, -0.05) is 6.08 Å². The Balaban J connectivity index is 1.03. The van der Waals surface area contributed by atoms with Gasteiger partial charge < -0.3 is 15.0 Å². The Kier molecular flexibility index (Phi) is 6.14. The third-order valence-electron chi connectivity index (χ3n) is 8.62. The van der Waals surface area contributed by atoms with Crippen molar-refractivity contribution in [3.63, 3.8) is 0 Å². The Hall–Kier alpha value is -3.81. The molecule has 2 aromatic heterocycles. The van der Waals surface area contributed by atoms with Gasteiger partial charge in [0.1, 0.15) is 25.7 Å². The summed E-state index contributed by atoms with van der Waals surface area (Å²) in [7, 11) is 0. The smallest absolute Gasteiger partial charge is 0.373 e. The fraction of sp³-hybridized carbons (Fsp3) is 0.429. The number of nitrogens with zero attached hydrogens (tertiary/aromatic N) is 6. The number of pyridine rings is 1. The van der Waals surface area contributed by atoms with E-state index in [4.69, 9.17) is 4.74 Å². The van der Waals surface area contributed by atoms with Crippen molar-refractivity contribution in [1.29, 1.82) is 0 Å². The van der Waals surface area contributed by atoms with Crippen molar-refractivity contribution in [2.75, 3.05) is 44.7 Å². The lowest BCUT2D eigenvalue weighted by Crippen LogP contribution is -2.91. The largest absolute Gasteiger partial charge is 0.389 e. The number of quaternary nitrogens is 1. The molecule has 0 radical (unpaired) electrons. The van der Waals surface area contributed by atoms with Crippen LogP contribution in [0.5, 0.6) is 0 Å². The normalized spacial score (nSPS) is 25.6. The molecule has 41 heavy (non-hydrogen) atoms. The Morgan fingerprint density at radius 2 is 1.98 bits per heavy atom. The van der Waals surface area contributed by atoms with Gasteiger partial charge in [0.25, 0.3) is 0 Å². The van der Waals surface area contributed by atoms with Gasteiger partial charge in [-0.25, -0.2) is 9.31 Å². The third-order valence-corrected chi connectivity index (χ3v) is 8.62. The van der Waals surface area contributed by atoms with Crippen molar-refractivity contribution < 1.29 is 32.1 Å². The fourth-order valence-corrected chi connectivity index (χ4v) is 6.45. The number of aromatic nitrogens is 3. The van der Waals surface area contributed by atoms with E-state index in [1.165, 1.54) is 4.90 Å². The first-order valence-corrected chi connectivity index (χ1v) is 13.8. The van der Waals surface area contributed by atoms with Crippen LogP contribution in [0.1, 0.15) is 35.2 Å². The molecule has 5 aliphatic heterocycles. The molecular formula is C28H29F3N7O3+. The molecule has 13 heteroatoms. The Bertz CT molecular complexity index is 1540. The molecule has 3 atom stereocenters. The molecule has 0 spiro atoms. The van der Waals surface area contributed by atoms with Gasteiger partial charge in [0.2, 0.25) is 11.9 Å². The van der Waals surface area contributed by atoms with E-state index in [1.807, 2.05) is 42.5 Å². The topological polar surface area (TPSA) is 92.1 Å². The fourth-order valence-electron chi connectivity index (χ4n) is 6.45. The number of hydrogen-bond acceptors (Lipinski definition) is 7. The second-order valence-corrected chi connectivity index (χ2v) is 11.0. The number of anilines is 2. The number of hydrogen-bond donors (Lipinski definition) is 1. The van der Waals surface area contributed by atoms with E-state index in [0.29, 0.717) is 54.0 Å². The molecule has 2 amide bonds. The predicted octanol–water partition coefficient (Wildman–Crippen LogP) is 3.40. The van der Waals surface area contributed by atoms with Crippen LogP contribution in [0.15, 0.2) is 48.7 Å². The highest BCUT2D eigenvalue weighted by Crippen LogP contribution is 2.45. The molecule has 4 bridgehead atoms. The summed E-state index contributed by atoms with van der Waals surface area (Å²) in [5, 5.41) is 9.98. The first-order chi connectivity index (χ1) is 19.7. The second kappa shape index (κ2) is 9.64. The van der Waals surface area contributed by atoms with Crippen LogP contribution in [0.4, 0.5) is 24.8 Å². The zero-order chi connectivity index (χ0) is 28.4. The minimum absolute atomic E-state index is 0.103.